The van der Waals surface area contributed by atoms with Crippen LogP contribution in [-0.4, -0.2) is 31.1 Å². The molecule has 2 amide bonds. The van der Waals surface area contributed by atoms with Gasteiger partial charge in [-0.2, -0.15) is 0 Å². The molecule has 2 aliphatic rings. The minimum atomic E-state index is -0.110. The summed E-state index contributed by atoms with van der Waals surface area (Å²) >= 11 is 1.49. The van der Waals surface area contributed by atoms with E-state index in [0.29, 0.717) is 23.6 Å². The fraction of sp³-hybridized carbons (Fsp3) is 0.241. The second-order valence-electron chi connectivity index (χ2n) is 8.86. The van der Waals surface area contributed by atoms with Gasteiger partial charge in [0.1, 0.15) is 0 Å². The average molecular weight is 485 g/mol. The molecule has 0 aliphatic carbocycles. The van der Waals surface area contributed by atoms with Crippen molar-refractivity contribution in [3.05, 3.63) is 100.0 Å². The van der Waals surface area contributed by atoms with Gasteiger partial charge < -0.3 is 15.0 Å². The number of rotatable bonds is 6. The molecule has 35 heavy (non-hydrogen) atoms. The molecule has 1 unspecified atom stereocenters. The third-order valence-corrected chi connectivity index (χ3v) is 7.48. The van der Waals surface area contributed by atoms with Crippen molar-refractivity contribution in [3.8, 4) is 0 Å². The summed E-state index contributed by atoms with van der Waals surface area (Å²) in [6, 6.07) is 23.5. The summed E-state index contributed by atoms with van der Waals surface area (Å²) < 4.78 is 5.57. The van der Waals surface area contributed by atoms with Gasteiger partial charge in [0.15, 0.2) is 0 Å². The van der Waals surface area contributed by atoms with Crippen LogP contribution in [0.25, 0.3) is 6.08 Å². The quantitative estimate of drug-likeness (QED) is 0.464. The number of hydrogen-bond donors (Lipinski definition) is 1. The zero-order valence-electron chi connectivity index (χ0n) is 19.7. The predicted octanol–water partition coefficient (Wildman–Crippen LogP) is 5.58. The molecule has 5 rings (SSSR count). The van der Waals surface area contributed by atoms with E-state index in [2.05, 4.69) is 24.4 Å². The van der Waals surface area contributed by atoms with E-state index >= 15 is 0 Å². The van der Waals surface area contributed by atoms with Gasteiger partial charge in [-0.05, 0) is 66.8 Å². The Morgan fingerprint density at radius 2 is 1.86 bits per heavy atom. The van der Waals surface area contributed by atoms with Crippen LogP contribution >= 0.6 is 11.8 Å². The third kappa shape index (κ3) is 5.34. The minimum absolute atomic E-state index is 0.0182. The van der Waals surface area contributed by atoms with Gasteiger partial charge in [0.2, 0.25) is 0 Å². The molecule has 0 spiro atoms. The molecule has 0 radical (unpaired) electrons. The van der Waals surface area contributed by atoms with Crippen LogP contribution in [0.15, 0.2) is 82.6 Å². The Hall–Kier alpha value is -3.35. The van der Waals surface area contributed by atoms with E-state index in [4.69, 9.17) is 4.74 Å². The number of thioether (sulfide) groups is 1. The number of carbonyl (C=O) groups excluding carboxylic acids is 2. The number of aryl methyl sites for hydroxylation is 1. The summed E-state index contributed by atoms with van der Waals surface area (Å²) in [5, 5.41) is 2.95. The van der Waals surface area contributed by atoms with E-state index in [0.717, 1.165) is 46.7 Å². The summed E-state index contributed by atoms with van der Waals surface area (Å²) in [6.45, 7) is 3.89. The number of para-hydroxylation sites is 1. The van der Waals surface area contributed by atoms with Crippen LogP contribution in [-0.2, 0) is 16.1 Å². The number of amides is 2. The molecule has 2 heterocycles. The maximum atomic E-state index is 13.6. The Labute approximate surface area is 210 Å². The van der Waals surface area contributed by atoms with Crippen molar-refractivity contribution in [1.82, 2.24) is 5.32 Å². The van der Waals surface area contributed by atoms with E-state index < -0.39 is 0 Å². The fourth-order valence-electron chi connectivity index (χ4n) is 4.37. The Bertz CT molecular complexity index is 1260. The van der Waals surface area contributed by atoms with Crippen LogP contribution in [0.2, 0.25) is 0 Å². The smallest absolute Gasteiger partial charge is 0.265 e. The summed E-state index contributed by atoms with van der Waals surface area (Å²) in [5.74, 6) is -0.128. The zero-order valence-corrected chi connectivity index (χ0v) is 20.5. The highest BCUT2D eigenvalue weighted by molar-refractivity contribution is 8.04. The maximum absolute atomic E-state index is 13.6. The average Bonchev–Trinajstić information content (AvgIpc) is 3.40. The normalized spacial score (nSPS) is 18.5. The first-order valence-electron chi connectivity index (χ1n) is 11.9. The lowest BCUT2D eigenvalue weighted by Crippen LogP contribution is -2.34. The van der Waals surface area contributed by atoms with E-state index in [1.165, 1.54) is 11.8 Å². The first kappa shape index (κ1) is 23.4. The topological polar surface area (TPSA) is 58.6 Å². The number of benzene rings is 3. The van der Waals surface area contributed by atoms with Gasteiger partial charge in [0.25, 0.3) is 11.8 Å². The largest absolute Gasteiger partial charge is 0.376 e. The second kappa shape index (κ2) is 10.5. The molecule has 5 nitrogen and oxygen atoms in total. The number of nitrogens with one attached hydrogen (secondary N) is 1. The number of carbonyl (C=O) groups is 2. The summed E-state index contributed by atoms with van der Waals surface area (Å²) in [6.07, 6.45) is 4.06. The predicted molar refractivity (Wildman–Crippen MR) is 140 cm³/mol. The Morgan fingerprint density at radius 1 is 1.09 bits per heavy atom. The molecular formula is C29H28N2O3S. The Balaban J connectivity index is 1.34. The van der Waals surface area contributed by atoms with Crippen molar-refractivity contribution >= 4 is 35.3 Å². The van der Waals surface area contributed by atoms with Crippen molar-refractivity contribution in [1.29, 1.82) is 0 Å². The molecule has 3 aromatic rings. The molecule has 0 aromatic heterocycles. The number of ether oxygens (including phenoxy) is 1. The number of anilines is 1. The zero-order chi connectivity index (χ0) is 24.2. The highest BCUT2D eigenvalue weighted by Gasteiger charge is 2.29. The molecular weight excluding hydrogens is 456 g/mol. The molecule has 1 atom stereocenters. The van der Waals surface area contributed by atoms with E-state index in [9.17, 15) is 9.59 Å². The lowest BCUT2D eigenvalue weighted by molar-refractivity contribution is -0.114. The molecule has 3 aromatic carbocycles. The van der Waals surface area contributed by atoms with Gasteiger partial charge in [0.05, 0.1) is 23.2 Å². The van der Waals surface area contributed by atoms with Crippen LogP contribution in [0, 0.1) is 6.92 Å². The lowest BCUT2D eigenvalue weighted by atomic mass is 10.1. The van der Waals surface area contributed by atoms with Gasteiger partial charge in [-0.3, -0.25) is 9.59 Å². The van der Waals surface area contributed by atoms with Crippen LogP contribution in [0.4, 0.5) is 5.69 Å². The van der Waals surface area contributed by atoms with E-state index in [-0.39, 0.29) is 17.9 Å². The molecule has 0 bridgehead atoms. The molecule has 6 heteroatoms. The van der Waals surface area contributed by atoms with Crippen LogP contribution in [0.1, 0.15) is 39.9 Å². The van der Waals surface area contributed by atoms with Crippen molar-refractivity contribution in [2.75, 3.05) is 18.1 Å². The SMILES string of the molecule is Cc1ccccc1CN1C(=O)/C(=C\c2ccc(C(=O)NCC3CCCO3)cc2)Sc2ccccc21. The summed E-state index contributed by atoms with van der Waals surface area (Å²) in [5.41, 5.74) is 4.70. The second-order valence-corrected chi connectivity index (χ2v) is 9.95. The molecule has 1 saturated heterocycles. The number of fused-ring (bicyclic) bond motifs is 1. The van der Waals surface area contributed by atoms with Crippen molar-refractivity contribution in [3.63, 3.8) is 0 Å². The Kier molecular flexibility index (Phi) is 7.02. The van der Waals surface area contributed by atoms with E-state index in [1.54, 1.807) is 12.1 Å². The highest BCUT2D eigenvalue weighted by atomic mass is 32.2. The first-order valence-corrected chi connectivity index (χ1v) is 12.7. The van der Waals surface area contributed by atoms with Gasteiger partial charge in [0, 0.05) is 23.6 Å². The molecule has 1 fully saturated rings. The molecule has 0 saturated carbocycles. The third-order valence-electron chi connectivity index (χ3n) is 6.41. The monoisotopic (exact) mass is 484 g/mol. The van der Waals surface area contributed by atoms with Crippen molar-refractivity contribution in [2.45, 2.75) is 37.3 Å². The van der Waals surface area contributed by atoms with Gasteiger partial charge >= 0.3 is 0 Å². The first-order chi connectivity index (χ1) is 17.1. The Morgan fingerprint density at radius 3 is 2.63 bits per heavy atom. The summed E-state index contributed by atoms with van der Waals surface area (Å²) in [4.78, 5) is 29.6. The standard InChI is InChI=1S/C29H28N2O3S/c1-20-7-2-3-8-23(20)19-31-25-10-4-5-11-26(25)35-27(29(31)33)17-21-12-14-22(15-13-21)28(32)30-18-24-9-6-16-34-24/h2-5,7-8,10-15,17,24H,6,9,16,18-19H2,1H3,(H,30,32)/b27-17+. The van der Waals surface area contributed by atoms with Crippen LogP contribution < -0.4 is 10.2 Å². The summed E-state index contributed by atoms with van der Waals surface area (Å²) in [7, 11) is 0. The number of hydrogen-bond acceptors (Lipinski definition) is 4. The van der Waals surface area contributed by atoms with Gasteiger partial charge in [-0.15, -0.1) is 0 Å². The van der Waals surface area contributed by atoms with Gasteiger partial charge in [-0.25, -0.2) is 0 Å². The van der Waals surface area contributed by atoms with Crippen LogP contribution in [0.3, 0.4) is 0 Å². The molecule has 2 aliphatic heterocycles. The fourth-order valence-corrected chi connectivity index (χ4v) is 5.43. The number of nitrogens with zero attached hydrogens (tertiary/aromatic N) is 1. The molecule has 178 valence electrons. The minimum Gasteiger partial charge on any atom is -0.376 e. The lowest BCUT2D eigenvalue weighted by Gasteiger charge is -2.31. The molecule has 1 N–H and O–H groups in total. The van der Waals surface area contributed by atoms with Crippen molar-refractivity contribution in [2.24, 2.45) is 0 Å². The highest BCUT2D eigenvalue weighted by Crippen LogP contribution is 2.42. The maximum Gasteiger partial charge on any atom is 0.265 e. The van der Waals surface area contributed by atoms with E-state index in [1.807, 2.05) is 59.5 Å². The van der Waals surface area contributed by atoms with Crippen molar-refractivity contribution < 1.29 is 14.3 Å². The van der Waals surface area contributed by atoms with Crippen LogP contribution in [0.5, 0.6) is 0 Å². The van der Waals surface area contributed by atoms with Gasteiger partial charge in [-0.1, -0.05) is 60.3 Å².